The normalized spacial score (nSPS) is 15.8. The summed E-state index contributed by atoms with van der Waals surface area (Å²) in [6.07, 6.45) is -0.892. The van der Waals surface area contributed by atoms with E-state index < -0.39 is 37.3 Å². The molecule has 0 bridgehead atoms. The Bertz CT molecular complexity index is 2580. The number of fused-ring (bicyclic) bond motifs is 3. The summed E-state index contributed by atoms with van der Waals surface area (Å²) in [5.41, 5.74) is 2.70. The molecule has 253 valence electrons. The molecule has 0 aliphatic rings. The molecule has 49 heavy (non-hydrogen) atoms. The molecule has 3 aromatic carbocycles. The molecule has 0 aliphatic carbocycles. The van der Waals surface area contributed by atoms with E-state index >= 15 is 0 Å². The number of rotatable bonds is 5. The Labute approximate surface area is 318 Å². The van der Waals surface area contributed by atoms with Crippen LogP contribution in [0.1, 0.15) is 77.7 Å². The first kappa shape index (κ1) is 24.8. The SMILES string of the molecule is [2H]C([2H])([2H])c1cc(C([2H])([2H])C(C)(C)C)oc1-c1ccnc(-c2[c-]cccc2)c1.[2H]C([2H])([2H])c1cnc(-c2[c-]ccc3c2oc2ccccc23)cc1C([2H])([2H])C(C)(C)C.[Ir]. The first-order chi connectivity index (χ1) is 26.8. The molecule has 4 heterocycles. The molecule has 7 aromatic rings. The van der Waals surface area contributed by atoms with Gasteiger partial charge in [-0.15, -0.1) is 54.1 Å². The molecule has 1 radical (unpaired) electrons. The zero-order valence-corrected chi connectivity index (χ0v) is 30.7. The Morgan fingerprint density at radius 2 is 1.51 bits per heavy atom. The molecule has 4 nitrogen and oxygen atoms in total. The number of furan rings is 2. The number of pyridine rings is 2. The van der Waals surface area contributed by atoms with Gasteiger partial charge in [0, 0.05) is 63.5 Å². The summed E-state index contributed by atoms with van der Waals surface area (Å²) in [6, 6.07) is 31.2. The van der Waals surface area contributed by atoms with E-state index in [4.69, 9.17) is 22.5 Å². The molecule has 0 atom stereocenters. The molecule has 0 aliphatic heterocycles. The van der Waals surface area contributed by atoms with Crippen molar-refractivity contribution >= 4 is 21.9 Å². The number of benzene rings is 3. The second-order valence-electron chi connectivity index (χ2n) is 13.6. The van der Waals surface area contributed by atoms with E-state index in [0.29, 0.717) is 28.1 Å². The van der Waals surface area contributed by atoms with E-state index in [1.807, 2.05) is 48.5 Å². The van der Waals surface area contributed by atoms with Crippen molar-refractivity contribution in [2.75, 3.05) is 0 Å². The molecular weight excluding hydrogens is 781 g/mol. The summed E-state index contributed by atoms with van der Waals surface area (Å²) in [6.45, 7) is 5.59. The summed E-state index contributed by atoms with van der Waals surface area (Å²) in [5.74, 6) is 0.147. The van der Waals surface area contributed by atoms with Crippen molar-refractivity contribution in [2.45, 2.75) is 68.0 Å². The second-order valence-corrected chi connectivity index (χ2v) is 13.6. The van der Waals surface area contributed by atoms with Crippen LogP contribution in [0.15, 0.2) is 106 Å². The molecule has 0 amide bonds. The molecule has 0 saturated carbocycles. The summed E-state index contributed by atoms with van der Waals surface area (Å²) >= 11 is 0. The van der Waals surface area contributed by atoms with Crippen molar-refractivity contribution in [1.82, 2.24) is 9.97 Å². The fourth-order valence-corrected chi connectivity index (χ4v) is 5.29. The van der Waals surface area contributed by atoms with Crippen LogP contribution in [0.4, 0.5) is 0 Å². The van der Waals surface area contributed by atoms with E-state index in [9.17, 15) is 0 Å². The fourth-order valence-electron chi connectivity index (χ4n) is 5.29. The van der Waals surface area contributed by atoms with Gasteiger partial charge in [0.2, 0.25) is 0 Å². The predicted octanol–water partition coefficient (Wildman–Crippen LogP) is 12.0. The molecule has 0 fully saturated rings. The maximum absolute atomic E-state index is 8.70. The minimum Gasteiger partial charge on any atom is -0.501 e. The summed E-state index contributed by atoms with van der Waals surface area (Å²) in [5, 5.41) is 1.87. The first-order valence-electron chi connectivity index (χ1n) is 20.7. The Kier molecular flexibility index (Phi) is 7.41. The van der Waals surface area contributed by atoms with Gasteiger partial charge in [0.15, 0.2) is 0 Å². The monoisotopic (exact) mass is 835 g/mol. The van der Waals surface area contributed by atoms with Gasteiger partial charge >= 0.3 is 0 Å². The van der Waals surface area contributed by atoms with E-state index in [1.165, 1.54) is 18.3 Å². The number of hydrogen-bond donors (Lipinski definition) is 0. The third kappa shape index (κ3) is 8.65. The van der Waals surface area contributed by atoms with E-state index in [1.54, 1.807) is 72.0 Å². The topological polar surface area (TPSA) is 52.1 Å². The average Bonchev–Trinajstić information content (AvgIpc) is 3.78. The zero-order valence-electron chi connectivity index (χ0n) is 38.3. The van der Waals surface area contributed by atoms with Gasteiger partial charge in [-0.3, -0.25) is 0 Å². The average molecular weight is 835 g/mol. The van der Waals surface area contributed by atoms with Crippen LogP contribution in [-0.4, -0.2) is 9.97 Å². The molecular formula is C44H44IrN2O2-2. The number of hydrogen-bond acceptors (Lipinski definition) is 4. The standard InChI is InChI=1S/C23H22NO.C21H22NO.Ir/c1-15-14-24-20(12-16(15)13-23(2,3)4)19-10-7-9-18-17-8-5-6-11-21(17)25-22(18)19;1-15-12-18(14-21(2,3)4)23-20(15)17-10-11-22-19(13-17)16-8-6-5-7-9-16;/h5-9,11-12,14H,13H2,1-4H3;5-8,10-13H,14H2,1-4H3;/q2*-1;/i1D3,13D2;1D3,14D2;. The van der Waals surface area contributed by atoms with Crippen LogP contribution < -0.4 is 0 Å². The van der Waals surface area contributed by atoms with Gasteiger partial charge in [0.1, 0.15) is 17.1 Å². The molecule has 5 heteroatoms. The maximum Gasteiger partial charge on any atom is 0.136 e. The fraction of sp³-hybridized carbons (Fsp3) is 0.273. The predicted molar refractivity (Wildman–Crippen MR) is 198 cm³/mol. The molecule has 0 spiro atoms. The third-order valence-corrected chi connectivity index (χ3v) is 7.25. The number of nitrogens with zero attached hydrogens (tertiary/aromatic N) is 2. The smallest absolute Gasteiger partial charge is 0.136 e. The quantitative estimate of drug-likeness (QED) is 0.162. The van der Waals surface area contributed by atoms with Gasteiger partial charge in [-0.1, -0.05) is 88.4 Å². The molecule has 0 unspecified atom stereocenters. The van der Waals surface area contributed by atoms with E-state index in [0.717, 1.165) is 21.9 Å². The van der Waals surface area contributed by atoms with Crippen molar-refractivity contribution in [3.05, 3.63) is 132 Å². The van der Waals surface area contributed by atoms with Gasteiger partial charge in [-0.2, -0.15) is 0 Å². The minimum atomic E-state index is -2.48. The van der Waals surface area contributed by atoms with Crippen LogP contribution in [0.3, 0.4) is 0 Å². The Hall–Kier alpha value is -4.31. The first-order valence-corrected chi connectivity index (χ1v) is 15.7. The second kappa shape index (κ2) is 14.7. The molecule has 4 aromatic heterocycles. The third-order valence-electron chi connectivity index (χ3n) is 7.25. The van der Waals surface area contributed by atoms with Gasteiger partial charge < -0.3 is 18.8 Å². The van der Waals surface area contributed by atoms with Gasteiger partial charge in [-0.25, -0.2) is 0 Å². The van der Waals surface area contributed by atoms with E-state index in [2.05, 4.69) is 22.1 Å². The number of aryl methyl sites for hydroxylation is 2. The summed E-state index contributed by atoms with van der Waals surface area (Å²) < 4.78 is 93.5. The Morgan fingerprint density at radius 1 is 0.735 bits per heavy atom. The molecule has 0 saturated heterocycles. The van der Waals surface area contributed by atoms with Crippen molar-refractivity contribution in [1.29, 1.82) is 0 Å². The van der Waals surface area contributed by atoms with Gasteiger partial charge in [0.05, 0.1) is 5.58 Å². The summed E-state index contributed by atoms with van der Waals surface area (Å²) in [7, 11) is 0. The van der Waals surface area contributed by atoms with Crippen LogP contribution in [0.25, 0.3) is 55.8 Å². The largest absolute Gasteiger partial charge is 0.501 e. The number of aromatic nitrogens is 2. The summed E-state index contributed by atoms with van der Waals surface area (Å²) in [4.78, 5) is 8.71. The van der Waals surface area contributed by atoms with Gasteiger partial charge in [0.25, 0.3) is 0 Å². The number of para-hydroxylation sites is 1. The van der Waals surface area contributed by atoms with Gasteiger partial charge in [-0.05, 0) is 71.6 Å². The van der Waals surface area contributed by atoms with Crippen LogP contribution >= 0.6 is 0 Å². The van der Waals surface area contributed by atoms with Crippen LogP contribution in [0.2, 0.25) is 0 Å². The van der Waals surface area contributed by atoms with Crippen LogP contribution in [0.5, 0.6) is 0 Å². The van der Waals surface area contributed by atoms with Crippen molar-refractivity contribution in [2.24, 2.45) is 10.8 Å². The molecule has 0 N–H and O–H groups in total. The zero-order chi connectivity index (χ0) is 42.6. The van der Waals surface area contributed by atoms with Crippen LogP contribution in [0, 0.1) is 36.7 Å². The van der Waals surface area contributed by atoms with Crippen LogP contribution in [-0.2, 0) is 32.9 Å². The minimum absolute atomic E-state index is 0. The maximum atomic E-state index is 8.70. The van der Waals surface area contributed by atoms with Crippen molar-refractivity contribution in [3.63, 3.8) is 0 Å². The Morgan fingerprint density at radius 3 is 2.24 bits per heavy atom. The Balaban J connectivity index is 0.000000221. The molecule has 7 rings (SSSR count). The van der Waals surface area contributed by atoms with Crippen molar-refractivity contribution in [3.8, 4) is 33.8 Å². The van der Waals surface area contributed by atoms with Crippen molar-refractivity contribution < 1.29 is 42.6 Å². The van der Waals surface area contributed by atoms with E-state index in [-0.39, 0.29) is 48.3 Å².